The molecule has 0 saturated heterocycles. The first kappa shape index (κ1) is 20.2. The number of nitrogens with zero attached hydrogens (tertiary/aromatic N) is 2. The van der Waals surface area contributed by atoms with Gasteiger partial charge in [0.05, 0.1) is 0 Å². The smallest absolute Gasteiger partial charge is 0.242 e. The van der Waals surface area contributed by atoms with E-state index in [9.17, 15) is 4.79 Å². The van der Waals surface area contributed by atoms with E-state index in [0.717, 1.165) is 27.6 Å². The summed E-state index contributed by atoms with van der Waals surface area (Å²) in [5, 5.41) is 3.45. The van der Waals surface area contributed by atoms with Crippen LogP contribution in [0.5, 0.6) is 0 Å². The fourth-order valence-corrected chi connectivity index (χ4v) is 3.68. The maximum atomic E-state index is 12.7. The van der Waals surface area contributed by atoms with E-state index in [1.807, 2.05) is 60.9 Å². The number of aryl methyl sites for hydroxylation is 1. The van der Waals surface area contributed by atoms with Crippen molar-refractivity contribution in [1.82, 2.24) is 15.3 Å². The number of carbonyl (C=O) groups is 1. The highest BCUT2D eigenvalue weighted by Gasteiger charge is 2.37. The zero-order valence-corrected chi connectivity index (χ0v) is 17.1. The molecule has 0 aliphatic carbocycles. The summed E-state index contributed by atoms with van der Waals surface area (Å²) in [6.07, 6.45) is 9.13. The van der Waals surface area contributed by atoms with E-state index in [-0.39, 0.29) is 5.91 Å². The average molecular weight is 439 g/mol. The number of rotatable bonds is 9. The van der Waals surface area contributed by atoms with Gasteiger partial charge < -0.3 is 5.73 Å². The number of aromatic nitrogens is 2. The molecule has 3 aromatic rings. The van der Waals surface area contributed by atoms with E-state index in [1.54, 1.807) is 12.4 Å². The molecule has 1 amide bonds. The van der Waals surface area contributed by atoms with Gasteiger partial charge in [-0.15, -0.1) is 0 Å². The molecule has 28 heavy (non-hydrogen) atoms. The first-order chi connectivity index (χ1) is 13.6. The van der Waals surface area contributed by atoms with Gasteiger partial charge in [0.15, 0.2) is 0 Å². The highest BCUT2D eigenvalue weighted by atomic mass is 79.9. The van der Waals surface area contributed by atoms with Gasteiger partial charge in [0.2, 0.25) is 5.91 Å². The van der Waals surface area contributed by atoms with E-state index in [4.69, 9.17) is 5.73 Å². The number of pyridine rings is 2. The maximum Gasteiger partial charge on any atom is 0.242 e. The molecule has 1 aromatic carbocycles. The Morgan fingerprint density at radius 2 is 1.68 bits per heavy atom. The molecule has 5 nitrogen and oxygen atoms in total. The van der Waals surface area contributed by atoms with Gasteiger partial charge in [-0.1, -0.05) is 40.2 Å². The van der Waals surface area contributed by atoms with Crippen LogP contribution >= 0.6 is 15.9 Å². The van der Waals surface area contributed by atoms with Crippen LogP contribution in [0.25, 0.3) is 0 Å². The summed E-state index contributed by atoms with van der Waals surface area (Å²) in [7, 11) is 0. The molecule has 1 unspecified atom stereocenters. The summed E-state index contributed by atoms with van der Waals surface area (Å²) in [5.41, 5.74) is 8.01. The van der Waals surface area contributed by atoms with Crippen LogP contribution in [-0.2, 0) is 23.2 Å². The lowest BCUT2D eigenvalue weighted by Crippen LogP contribution is -2.53. The summed E-state index contributed by atoms with van der Waals surface area (Å²) in [6, 6.07) is 15.6. The standard InChI is InChI=1S/C22H23BrN4O/c23-20-7-1-6-19(14-20)22(21(24)28,10-8-17-4-2-11-25-15-17)27-13-9-18-5-3-12-26-16-18/h1-7,11-12,14-16,27H,8-10,13H2,(H2,24,28). The Labute approximate surface area is 173 Å². The molecule has 0 fully saturated rings. The number of primary amides is 1. The molecule has 3 N–H and O–H groups in total. The van der Waals surface area contributed by atoms with Crippen molar-refractivity contribution >= 4 is 21.8 Å². The summed E-state index contributed by atoms with van der Waals surface area (Å²) < 4.78 is 0.908. The second-order valence-corrected chi connectivity index (χ2v) is 7.59. The molecule has 0 aliphatic rings. The topological polar surface area (TPSA) is 80.9 Å². The summed E-state index contributed by atoms with van der Waals surface area (Å²) >= 11 is 3.51. The zero-order valence-electron chi connectivity index (χ0n) is 15.5. The summed E-state index contributed by atoms with van der Waals surface area (Å²) in [6.45, 7) is 0.605. The van der Waals surface area contributed by atoms with Crippen molar-refractivity contribution in [2.75, 3.05) is 6.54 Å². The van der Waals surface area contributed by atoms with Crippen LogP contribution < -0.4 is 11.1 Å². The molecule has 0 bridgehead atoms. The minimum Gasteiger partial charge on any atom is -0.368 e. The predicted molar refractivity (Wildman–Crippen MR) is 114 cm³/mol. The number of nitrogens with two attached hydrogens (primary N) is 1. The van der Waals surface area contributed by atoms with Crippen LogP contribution in [0, 0.1) is 0 Å². The van der Waals surface area contributed by atoms with E-state index < -0.39 is 5.54 Å². The molecular formula is C22H23BrN4O. The number of halogens is 1. The third-order valence-corrected chi connectivity index (χ3v) is 5.31. The lowest BCUT2D eigenvalue weighted by atomic mass is 9.83. The van der Waals surface area contributed by atoms with E-state index >= 15 is 0 Å². The molecule has 0 spiro atoms. The fourth-order valence-electron chi connectivity index (χ4n) is 3.29. The Morgan fingerprint density at radius 1 is 1.00 bits per heavy atom. The third-order valence-electron chi connectivity index (χ3n) is 4.81. The number of amides is 1. The van der Waals surface area contributed by atoms with Crippen LogP contribution in [0.2, 0.25) is 0 Å². The SMILES string of the molecule is NC(=O)C(CCc1cccnc1)(NCCc1cccnc1)c1cccc(Br)c1. The first-order valence-electron chi connectivity index (χ1n) is 9.19. The van der Waals surface area contributed by atoms with Gasteiger partial charge in [-0.25, -0.2) is 0 Å². The predicted octanol–water partition coefficient (Wildman–Crippen LogP) is 3.38. The van der Waals surface area contributed by atoms with E-state index in [2.05, 4.69) is 31.2 Å². The molecule has 1 atom stereocenters. The van der Waals surface area contributed by atoms with Crippen molar-refractivity contribution in [3.8, 4) is 0 Å². The minimum atomic E-state index is -0.970. The maximum absolute atomic E-state index is 12.7. The number of carbonyl (C=O) groups excluding carboxylic acids is 1. The molecule has 0 radical (unpaired) electrons. The number of hydrogen-bond donors (Lipinski definition) is 2. The number of benzene rings is 1. The molecule has 0 saturated carbocycles. The van der Waals surface area contributed by atoms with Gasteiger partial charge in [-0.3, -0.25) is 20.1 Å². The van der Waals surface area contributed by atoms with E-state index in [1.165, 1.54) is 0 Å². The minimum absolute atomic E-state index is 0.388. The van der Waals surface area contributed by atoms with E-state index in [0.29, 0.717) is 19.4 Å². The number of hydrogen-bond acceptors (Lipinski definition) is 4. The van der Waals surface area contributed by atoms with Crippen molar-refractivity contribution in [1.29, 1.82) is 0 Å². The van der Waals surface area contributed by atoms with Gasteiger partial charge >= 0.3 is 0 Å². The Balaban J connectivity index is 1.85. The van der Waals surface area contributed by atoms with Crippen molar-refractivity contribution in [3.05, 3.63) is 94.5 Å². The summed E-state index contributed by atoms with van der Waals surface area (Å²) in [5.74, 6) is -0.388. The highest BCUT2D eigenvalue weighted by molar-refractivity contribution is 9.10. The van der Waals surface area contributed by atoms with Gasteiger partial charge in [0, 0.05) is 35.8 Å². The van der Waals surface area contributed by atoms with Crippen molar-refractivity contribution in [3.63, 3.8) is 0 Å². The second-order valence-electron chi connectivity index (χ2n) is 6.68. The van der Waals surface area contributed by atoms with Crippen LogP contribution in [0.3, 0.4) is 0 Å². The Bertz CT molecular complexity index is 905. The molecule has 3 rings (SSSR count). The van der Waals surface area contributed by atoms with Crippen molar-refractivity contribution in [2.45, 2.75) is 24.8 Å². The van der Waals surface area contributed by atoms with Gasteiger partial charge in [-0.2, -0.15) is 0 Å². The van der Waals surface area contributed by atoms with Gasteiger partial charge in [-0.05, 0) is 60.2 Å². The Morgan fingerprint density at radius 3 is 2.25 bits per heavy atom. The molecule has 0 aliphatic heterocycles. The number of nitrogens with one attached hydrogen (secondary N) is 1. The largest absolute Gasteiger partial charge is 0.368 e. The van der Waals surface area contributed by atoms with Crippen LogP contribution in [0.1, 0.15) is 23.1 Å². The highest BCUT2D eigenvalue weighted by Crippen LogP contribution is 2.29. The van der Waals surface area contributed by atoms with Crippen molar-refractivity contribution < 1.29 is 4.79 Å². The monoisotopic (exact) mass is 438 g/mol. The fraction of sp³-hybridized carbons (Fsp3) is 0.227. The lowest BCUT2D eigenvalue weighted by Gasteiger charge is -2.33. The normalized spacial score (nSPS) is 13.0. The lowest BCUT2D eigenvalue weighted by molar-refractivity contribution is -0.125. The van der Waals surface area contributed by atoms with Crippen molar-refractivity contribution in [2.24, 2.45) is 5.73 Å². The van der Waals surface area contributed by atoms with Gasteiger partial charge in [0.1, 0.15) is 5.54 Å². The molecular weight excluding hydrogens is 416 g/mol. The quantitative estimate of drug-likeness (QED) is 0.536. The molecule has 6 heteroatoms. The Hall–Kier alpha value is -2.57. The zero-order chi connectivity index (χ0) is 19.8. The van der Waals surface area contributed by atoms with Crippen LogP contribution in [0.4, 0.5) is 0 Å². The second kappa shape index (κ2) is 9.57. The molecule has 2 aromatic heterocycles. The first-order valence-corrected chi connectivity index (χ1v) is 9.98. The van der Waals surface area contributed by atoms with Crippen LogP contribution in [-0.4, -0.2) is 22.4 Å². The van der Waals surface area contributed by atoms with Crippen LogP contribution in [0.15, 0.2) is 77.8 Å². The Kier molecular flexibility index (Phi) is 6.90. The average Bonchev–Trinajstić information content (AvgIpc) is 2.72. The third kappa shape index (κ3) is 5.03. The molecule has 2 heterocycles. The summed E-state index contributed by atoms with van der Waals surface area (Å²) in [4.78, 5) is 21.0. The molecule has 144 valence electrons. The van der Waals surface area contributed by atoms with Gasteiger partial charge in [0.25, 0.3) is 0 Å².